The van der Waals surface area contributed by atoms with Crippen LogP contribution in [0.4, 0.5) is 0 Å². The molecule has 1 aliphatic rings. The summed E-state index contributed by atoms with van der Waals surface area (Å²) in [5.74, 6) is 0.890. The summed E-state index contributed by atoms with van der Waals surface area (Å²) in [7, 11) is 0. The number of hydrogen-bond donors (Lipinski definition) is 1. The molecule has 1 N–H and O–H groups in total. The minimum atomic E-state index is 0.402. The monoisotopic (exact) mass is 237 g/mol. The van der Waals surface area contributed by atoms with E-state index in [-0.39, 0.29) is 0 Å². The second-order valence-corrected chi connectivity index (χ2v) is 5.27. The first kappa shape index (κ1) is 11.9. The zero-order valence-electron chi connectivity index (χ0n) is 9.88. The van der Waals surface area contributed by atoms with Crippen molar-refractivity contribution in [1.82, 2.24) is 5.32 Å². The SMILES string of the molecule is CC(NCC1CCCC1)c1cccc(Cl)c1. The van der Waals surface area contributed by atoms with E-state index >= 15 is 0 Å². The summed E-state index contributed by atoms with van der Waals surface area (Å²) in [4.78, 5) is 0. The first-order valence-corrected chi connectivity index (χ1v) is 6.62. The van der Waals surface area contributed by atoms with Gasteiger partial charge in [0.25, 0.3) is 0 Å². The summed E-state index contributed by atoms with van der Waals surface area (Å²) in [5, 5.41) is 4.44. The fraction of sp³-hybridized carbons (Fsp3) is 0.571. The van der Waals surface area contributed by atoms with Crippen LogP contribution in [0.3, 0.4) is 0 Å². The molecule has 0 bridgehead atoms. The van der Waals surface area contributed by atoms with Crippen LogP contribution in [0.15, 0.2) is 24.3 Å². The molecule has 1 aliphatic carbocycles. The number of benzene rings is 1. The quantitative estimate of drug-likeness (QED) is 0.829. The Balaban J connectivity index is 1.85. The van der Waals surface area contributed by atoms with Crippen molar-refractivity contribution in [2.75, 3.05) is 6.54 Å². The average Bonchev–Trinajstić information content (AvgIpc) is 2.78. The van der Waals surface area contributed by atoms with E-state index in [2.05, 4.69) is 18.3 Å². The van der Waals surface area contributed by atoms with Crippen LogP contribution in [0.5, 0.6) is 0 Å². The van der Waals surface area contributed by atoms with Crippen molar-refractivity contribution in [1.29, 1.82) is 0 Å². The van der Waals surface area contributed by atoms with Crippen LogP contribution in [-0.4, -0.2) is 6.54 Å². The van der Waals surface area contributed by atoms with Crippen LogP contribution in [0, 0.1) is 5.92 Å². The van der Waals surface area contributed by atoms with Crippen LogP contribution in [0.25, 0.3) is 0 Å². The molecule has 1 atom stereocenters. The zero-order chi connectivity index (χ0) is 11.4. The minimum Gasteiger partial charge on any atom is -0.310 e. The first-order valence-electron chi connectivity index (χ1n) is 6.24. The molecule has 16 heavy (non-hydrogen) atoms. The second kappa shape index (κ2) is 5.70. The third kappa shape index (κ3) is 3.23. The number of hydrogen-bond acceptors (Lipinski definition) is 1. The first-order chi connectivity index (χ1) is 7.75. The Labute approximate surface area is 103 Å². The van der Waals surface area contributed by atoms with E-state index in [1.165, 1.54) is 31.2 Å². The van der Waals surface area contributed by atoms with Crippen molar-refractivity contribution in [2.24, 2.45) is 5.92 Å². The van der Waals surface area contributed by atoms with Gasteiger partial charge in [-0.05, 0) is 49.9 Å². The Morgan fingerprint density at radius 1 is 1.38 bits per heavy atom. The Bertz CT molecular complexity index is 331. The van der Waals surface area contributed by atoms with Gasteiger partial charge in [0, 0.05) is 11.1 Å². The van der Waals surface area contributed by atoms with E-state index in [1.807, 2.05) is 18.2 Å². The van der Waals surface area contributed by atoms with Crippen LogP contribution in [-0.2, 0) is 0 Å². The Morgan fingerprint density at radius 2 is 2.12 bits per heavy atom. The van der Waals surface area contributed by atoms with Gasteiger partial charge in [0.2, 0.25) is 0 Å². The molecule has 1 aromatic rings. The third-order valence-electron chi connectivity index (χ3n) is 3.54. The van der Waals surface area contributed by atoms with Crippen molar-refractivity contribution in [2.45, 2.75) is 38.6 Å². The zero-order valence-corrected chi connectivity index (χ0v) is 10.6. The lowest BCUT2D eigenvalue weighted by Gasteiger charge is -2.17. The van der Waals surface area contributed by atoms with E-state index in [4.69, 9.17) is 11.6 Å². The number of rotatable bonds is 4. The molecule has 0 heterocycles. The van der Waals surface area contributed by atoms with E-state index in [0.717, 1.165) is 17.5 Å². The molecule has 0 amide bonds. The van der Waals surface area contributed by atoms with Crippen molar-refractivity contribution < 1.29 is 0 Å². The van der Waals surface area contributed by atoms with E-state index in [0.29, 0.717) is 6.04 Å². The Hall–Kier alpha value is -0.530. The van der Waals surface area contributed by atoms with Gasteiger partial charge in [-0.2, -0.15) is 0 Å². The molecule has 0 spiro atoms. The molecule has 1 aromatic carbocycles. The highest BCUT2D eigenvalue weighted by Crippen LogP contribution is 2.25. The van der Waals surface area contributed by atoms with Gasteiger partial charge in [-0.3, -0.25) is 0 Å². The maximum atomic E-state index is 5.99. The summed E-state index contributed by atoms with van der Waals surface area (Å²) < 4.78 is 0. The molecular weight excluding hydrogens is 218 g/mol. The molecule has 0 radical (unpaired) electrons. The largest absolute Gasteiger partial charge is 0.310 e. The fourth-order valence-electron chi connectivity index (χ4n) is 2.45. The third-order valence-corrected chi connectivity index (χ3v) is 3.77. The molecule has 1 unspecified atom stereocenters. The van der Waals surface area contributed by atoms with Crippen LogP contribution < -0.4 is 5.32 Å². The fourth-order valence-corrected chi connectivity index (χ4v) is 2.65. The normalized spacial score (nSPS) is 18.9. The standard InChI is InChI=1S/C14H20ClN/c1-11(13-7-4-8-14(15)9-13)16-10-12-5-2-3-6-12/h4,7-9,11-12,16H,2-3,5-6,10H2,1H3. The molecule has 2 heteroatoms. The van der Waals surface area contributed by atoms with Crippen molar-refractivity contribution >= 4 is 11.6 Å². The van der Waals surface area contributed by atoms with Gasteiger partial charge in [0.1, 0.15) is 0 Å². The Kier molecular flexibility index (Phi) is 4.25. The molecule has 88 valence electrons. The highest BCUT2D eigenvalue weighted by molar-refractivity contribution is 6.30. The average molecular weight is 238 g/mol. The summed E-state index contributed by atoms with van der Waals surface area (Å²) in [6.45, 7) is 3.36. The molecule has 0 aromatic heterocycles. The van der Waals surface area contributed by atoms with Gasteiger partial charge >= 0.3 is 0 Å². The summed E-state index contributed by atoms with van der Waals surface area (Å²) in [5.41, 5.74) is 1.28. The lowest BCUT2D eigenvalue weighted by molar-refractivity contribution is 0.452. The summed E-state index contributed by atoms with van der Waals surface area (Å²) >= 11 is 5.99. The van der Waals surface area contributed by atoms with Gasteiger partial charge in [-0.1, -0.05) is 36.6 Å². The van der Waals surface area contributed by atoms with Crippen molar-refractivity contribution in [3.05, 3.63) is 34.9 Å². The summed E-state index contributed by atoms with van der Waals surface area (Å²) in [6, 6.07) is 8.53. The van der Waals surface area contributed by atoms with Crippen LogP contribution in [0.1, 0.15) is 44.2 Å². The summed E-state index contributed by atoms with van der Waals surface area (Å²) in [6.07, 6.45) is 5.63. The predicted octanol–water partition coefficient (Wildman–Crippen LogP) is 4.18. The second-order valence-electron chi connectivity index (χ2n) is 4.84. The molecule has 1 nitrogen and oxygen atoms in total. The van der Waals surface area contributed by atoms with E-state index in [1.54, 1.807) is 0 Å². The predicted molar refractivity (Wildman–Crippen MR) is 69.8 cm³/mol. The lowest BCUT2D eigenvalue weighted by atomic mass is 10.1. The smallest absolute Gasteiger partial charge is 0.0409 e. The highest BCUT2D eigenvalue weighted by Gasteiger charge is 2.15. The van der Waals surface area contributed by atoms with Gasteiger partial charge < -0.3 is 5.32 Å². The Morgan fingerprint density at radius 3 is 2.81 bits per heavy atom. The van der Waals surface area contributed by atoms with Gasteiger partial charge in [-0.15, -0.1) is 0 Å². The van der Waals surface area contributed by atoms with Gasteiger partial charge in [0.05, 0.1) is 0 Å². The maximum Gasteiger partial charge on any atom is 0.0409 e. The van der Waals surface area contributed by atoms with Gasteiger partial charge in [0.15, 0.2) is 0 Å². The molecule has 2 rings (SSSR count). The van der Waals surface area contributed by atoms with Gasteiger partial charge in [-0.25, -0.2) is 0 Å². The van der Waals surface area contributed by atoms with E-state index in [9.17, 15) is 0 Å². The molecule has 0 aliphatic heterocycles. The highest BCUT2D eigenvalue weighted by atomic mass is 35.5. The molecule has 1 fully saturated rings. The number of halogens is 1. The molecule has 0 saturated heterocycles. The number of nitrogens with one attached hydrogen (secondary N) is 1. The molecule has 1 saturated carbocycles. The minimum absolute atomic E-state index is 0.402. The van der Waals surface area contributed by atoms with Crippen LogP contribution >= 0.6 is 11.6 Å². The van der Waals surface area contributed by atoms with Crippen molar-refractivity contribution in [3.8, 4) is 0 Å². The van der Waals surface area contributed by atoms with Crippen LogP contribution in [0.2, 0.25) is 5.02 Å². The van der Waals surface area contributed by atoms with Crippen molar-refractivity contribution in [3.63, 3.8) is 0 Å². The molecular formula is C14H20ClN. The maximum absolute atomic E-state index is 5.99. The topological polar surface area (TPSA) is 12.0 Å². The van der Waals surface area contributed by atoms with E-state index < -0.39 is 0 Å². The lowest BCUT2D eigenvalue weighted by Crippen LogP contribution is -2.24.